The van der Waals surface area contributed by atoms with Crippen molar-refractivity contribution in [1.29, 1.82) is 0 Å². The molecule has 1 aromatic carbocycles. The lowest BCUT2D eigenvalue weighted by Gasteiger charge is -2.23. The molecule has 0 bridgehead atoms. The van der Waals surface area contributed by atoms with Gasteiger partial charge in [0.25, 0.3) is 0 Å². The number of benzene rings is 1. The van der Waals surface area contributed by atoms with Crippen LogP contribution in [0.1, 0.15) is 19.4 Å². The number of nitrogens with one attached hydrogen (secondary N) is 1. The Balaban J connectivity index is 0.00000676. The lowest BCUT2D eigenvalue weighted by molar-refractivity contribution is -0.142. The molecule has 27 heavy (non-hydrogen) atoms. The largest absolute Gasteiger partial charge is 0.494 e. The molecule has 0 aliphatic rings. The minimum Gasteiger partial charge on any atom is -0.494 e. The van der Waals surface area contributed by atoms with Crippen LogP contribution >= 0.6 is 24.0 Å². The van der Waals surface area contributed by atoms with Gasteiger partial charge in [-0.05, 0) is 38.6 Å². The highest BCUT2D eigenvalue weighted by Gasteiger charge is 2.28. The Kier molecular flexibility index (Phi) is 12.4. The van der Waals surface area contributed by atoms with E-state index in [1.54, 1.807) is 0 Å². The fourth-order valence-electron chi connectivity index (χ4n) is 2.39. The molecule has 0 aliphatic heterocycles. The molecule has 0 fully saturated rings. The van der Waals surface area contributed by atoms with Gasteiger partial charge in [0.15, 0.2) is 5.96 Å². The van der Waals surface area contributed by atoms with Crippen LogP contribution in [0.2, 0.25) is 0 Å². The second kappa shape index (κ2) is 13.0. The predicted molar refractivity (Wildman–Crippen MR) is 114 cm³/mol. The highest BCUT2D eigenvalue weighted by molar-refractivity contribution is 14.0. The van der Waals surface area contributed by atoms with Crippen molar-refractivity contribution >= 4 is 29.9 Å². The van der Waals surface area contributed by atoms with E-state index in [0.29, 0.717) is 32.2 Å². The third-order valence-electron chi connectivity index (χ3n) is 3.54. The second-order valence-electron chi connectivity index (χ2n) is 6.02. The zero-order valence-electron chi connectivity index (χ0n) is 16.3. The van der Waals surface area contributed by atoms with Crippen molar-refractivity contribution in [2.24, 2.45) is 4.99 Å². The van der Waals surface area contributed by atoms with Gasteiger partial charge in [0.05, 0.1) is 19.7 Å². The van der Waals surface area contributed by atoms with E-state index in [9.17, 15) is 13.2 Å². The van der Waals surface area contributed by atoms with E-state index in [1.165, 1.54) is 11.9 Å². The van der Waals surface area contributed by atoms with E-state index in [1.807, 2.05) is 50.1 Å². The van der Waals surface area contributed by atoms with Crippen LogP contribution in [0.25, 0.3) is 0 Å². The first-order valence-corrected chi connectivity index (χ1v) is 8.71. The van der Waals surface area contributed by atoms with Gasteiger partial charge in [-0.2, -0.15) is 13.2 Å². The molecule has 1 aromatic rings. The molecule has 0 aliphatic carbocycles. The van der Waals surface area contributed by atoms with Crippen molar-refractivity contribution in [2.75, 3.05) is 46.9 Å². The Labute approximate surface area is 177 Å². The first-order valence-electron chi connectivity index (χ1n) is 8.71. The van der Waals surface area contributed by atoms with Gasteiger partial charge in [0, 0.05) is 26.7 Å². The number of alkyl halides is 3. The van der Waals surface area contributed by atoms with E-state index < -0.39 is 12.7 Å². The maximum absolute atomic E-state index is 12.4. The monoisotopic (exact) mass is 502 g/mol. The lowest BCUT2D eigenvalue weighted by atomic mass is 10.2. The number of guanidine groups is 1. The summed E-state index contributed by atoms with van der Waals surface area (Å²) in [7, 11) is 3.34. The average molecular weight is 502 g/mol. The summed E-state index contributed by atoms with van der Waals surface area (Å²) < 4.78 is 42.5. The smallest absolute Gasteiger partial charge is 0.401 e. The molecule has 0 heterocycles. The fraction of sp³-hybridized carbons (Fsp3) is 0.611. The van der Waals surface area contributed by atoms with Crippen molar-refractivity contribution in [1.82, 2.24) is 15.1 Å². The Morgan fingerprint density at radius 2 is 1.78 bits per heavy atom. The molecule has 0 atom stereocenters. The van der Waals surface area contributed by atoms with Crippen molar-refractivity contribution < 1.29 is 17.9 Å². The summed E-state index contributed by atoms with van der Waals surface area (Å²) in [5, 5.41) is 3.17. The quantitative estimate of drug-likeness (QED) is 0.319. The van der Waals surface area contributed by atoms with Crippen molar-refractivity contribution in [2.45, 2.75) is 26.6 Å². The molecular formula is C18H30F3IN4O. The minimum absolute atomic E-state index is 0. The highest BCUT2D eigenvalue weighted by atomic mass is 127. The zero-order valence-corrected chi connectivity index (χ0v) is 18.7. The second-order valence-corrected chi connectivity index (χ2v) is 6.02. The third-order valence-corrected chi connectivity index (χ3v) is 3.54. The minimum atomic E-state index is -4.19. The van der Waals surface area contributed by atoms with Crippen molar-refractivity contribution in [3.8, 4) is 5.75 Å². The van der Waals surface area contributed by atoms with Crippen LogP contribution in [0.4, 0.5) is 13.2 Å². The van der Waals surface area contributed by atoms with E-state index in [4.69, 9.17) is 4.74 Å². The molecule has 0 saturated heterocycles. The summed E-state index contributed by atoms with van der Waals surface area (Å²) in [5.41, 5.74) is 1.09. The SMILES string of the molecule is CCNC(=NCCN(C)CC(F)(F)F)N(C)Cc1ccc(OCC)cc1.I. The lowest BCUT2D eigenvalue weighted by Crippen LogP contribution is -2.39. The van der Waals surface area contributed by atoms with Crippen LogP contribution in [-0.2, 0) is 6.54 Å². The Morgan fingerprint density at radius 1 is 1.15 bits per heavy atom. The number of hydrogen-bond acceptors (Lipinski definition) is 3. The molecule has 1 N–H and O–H groups in total. The van der Waals surface area contributed by atoms with Crippen molar-refractivity contribution in [3.05, 3.63) is 29.8 Å². The van der Waals surface area contributed by atoms with E-state index >= 15 is 0 Å². The standard InChI is InChI=1S/C18H29F3N4O.HI/c1-5-22-17(23-11-12-24(3)14-18(19,20)21)25(4)13-15-7-9-16(10-8-15)26-6-2;/h7-10H,5-6,11-14H2,1-4H3,(H,22,23);1H. The number of aliphatic imine (C=N–C) groups is 1. The molecule has 5 nitrogen and oxygen atoms in total. The van der Waals surface area contributed by atoms with Crippen molar-refractivity contribution in [3.63, 3.8) is 0 Å². The summed E-state index contributed by atoms with van der Waals surface area (Å²) in [4.78, 5) is 7.59. The molecule has 0 saturated carbocycles. The Bertz CT molecular complexity index is 553. The molecule has 9 heteroatoms. The molecule has 1 rings (SSSR count). The number of hydrogen-bond donors (Lipinski definition) is 1. The van der Waals surface area contributed by atoms with Crippen LogP contribution in [0, 0.1) is 0 Å². The molecule has 0 aromatic heterocycles. The van der Waals surface area contributed by atoms with Crippen LogP contribution in [0.15, 0.2) is 29.3 Å². The van der Waals surface area contributed by atoms with E-state index in [2.05, 4.69) is 10.3 Å². The Morgan fingerprint density at radius 3 is 2.30 bits per heavy atom. The molecule has 0 spiro atoms. The first-order chi connectivity index (χ1) is 12.2. The van der Waals surface area contributed by atoms with Gasteiger partial charge < -0.3 is 15.0 Å². The van der Waals surface area contributed by atoms with Gasteiger partial charge in [-0.3, -0.25) is 9.89 Å². The van der Waals surface area contributed by atoms with Gasteiger partial charge in [0.1, 0.15) is 5.75 Å². The van der Waals surface area contributed by atoms with Crippen LogP contribution in [0.3, 0.4) is 0 Å². The molecule has 0 radical (unpaired) electrons. The normalized spacial score (nSPS) is 11.9. The maximum atomic E-state index is 12.4. The molecule has 0 unspecified atom stereocenters. The van der Waals surface area contributed by atoms with Gasteiger partial charge in [-0.1, -0.05) is 12.1 Å². The summed E-state index contributed by atoms with van der Waals surface area (Å²) in [6.07, 6.45) is -4.19. The highest BCUT2D eigenvalue weighted by Crippen LogP contribution is 2.15. The third kappa shape index (κ3) is 11.3. The Hall–Kier alpha value is -1.23. The summed E-state index contributed by atoms with van der Waals surface area (Å²) >= 11 is 0. The number of likely N-dealkylation sites (N-methyl/N-ethyl adjacent to an activating group) is 1. The van der Waals surface area contributed by atoms with Crippen LogP contribution < -0.4 is 10.1 Å². The maximum Gasteiger partial charge on any atom is 0.401 e. The molecule has 0 amide bonds. The van der Waals surface area contributed by atoms with Crippen LogP contribution in [-0.4, -0.2) is 68.8 Å². The fourth-order valence-corrected chi connectivity index (χ4v) is 2.39. The summed E-state index contributed by atoms with van der Waals surface area (Å²) in [6.45, 7) is 5.44. The molecular weight excluding hydrogens is 472 g/mol. The predicted octanol–water partition coefficient (Wildman–Crippen LogP) is 3.59. The zero-order chi connectivity index (χ0) is 19.6. The van der Waals surface area contributed by atoms with Crippen LogP contribution in [0.5, 0.6) is 5.75 Å². The van der Waals surface area contributed by atoms with Gasteiger partial charge in [-0.25, -0.2) is 0 Å². The first kappa shape index (κ1) is 25.8. The van der Waals surface area contributed by atoms with E-state index in [0.717, 1.165) is 11.3 Å². The molecule has 156 valence electrons. The number of ether oxygens (including phenoxy) is 1. The average Bonchev–Trinajstić information content (AvgIpc) is 2.54. The topological polar surface area (TPSA) is 40.1 Å². The van der Waals surface area contributed by atoms with Gasteiger partial charge in [0.2, 0.25) is 0 Å². The van der Waals surface area contributed by atoms with Gasteiger partial charge in [-0.15, -0.1) is 24.0 Å². The summed E-state index contributed by atoms with van der Waals surface area (Å²) in [5.74, 6) is 1.49. The van der Waals surface area contributed by atoms with E-state index in [-0.39, 0.29) is 30.5 Å². The van der Waals surface area contributed by atoms with Gasteiger partial charge >= 0.3 is 6.18 Å². The number of nitrogens with zero attached hydrogens (tertiary/aromatic N) is 3. The number of halogens is 4. The number of rotatable bonds is 9. The summed E-state index contributed by atoms with van der Waals surface area (Å²) in [6, 6.07) is 7.82.